The molecule has 1 atom stereocenters. The van der Waals surface area contributed by atoms with E-state index >= 15 is 0 Å². The first-order chi connectivity index (χ1) is 14.4. The van der Waals surface area contributed by atoms with Gasteiger partial charge in [0.05, 0.1) is 0 Å². The summed E-state index contributed by atoms with van der Waals surface area (Å²) in [6.45, 7) is 6.13. The molecule has 2 amide bonds. The van der Waals surface area contributed by atoms with Crippen LogP contribution in [0.4, 0.5) is 5.69 Å². The standard InChI is InChI=1S/C25H26N2O3/c1-17-8-7-11-23(18(17)2)27-24(28)19(3)30-22-14-12-21(13-15-22)25(29)26-16-20-9-5-4-6-10-20/h4-15,19H,16H2,1-3H3,(H,26,29)(H,27,28). The molecule has 0 aliphatic rings. The molecule has 0 heterocycles. The van der Waals surface area contributed by atoms with E-state index in [4.69, 9.17) is 4.74 Å². The van der Waals surface area contributed by atoms with Gasteiger partial charge in [-0.15, -0.1) is 0 Å². The minimum atomic E-state index is -0.678. The number of nitrogens with one attached hydrogen (secondary N) is 2. The van der Waals surface area contributed by atoms with Crippen LogP contribution in [0.2, 0.25) is 0 Å². The third-order valence-electron chi connectivity index (χ3n) is 4.96. The SMILES string of the molecule is Cc1cccc(NC(=O)C(C)Oc2ccc(C(=O)NCc3ccccc3)cc2)c1C. The van der Waals surface area contributed by atoms with E-state index in [1.807, 2.05) is 62.4 Å². The normalized spacial score (nSPS) is 11.4. The largest absolute Gasteiger partial charge is 0.481 e. The van der Waals surface area contributed by atoms with E-state index < -0.39 is 6.10 Å². The number of benzene rings is 3. The molecule has 3 aromatic rings. The van der Waals surface area contributed by atoms with E-state index in [-0.39, 0.29) is 11.8 Å². The van der Waals surface area contributed by atoms with Crippen molar-refractivity contribution >= 4 is 17.5 Å². The molecule has 0 saturated carbocycles. The molecule has 154 valence electrons. The Morgan fingerprint density at radius 3 is 2.30 bits per heavy atom. The van der Waals surface area contributed by atoms with Gasteiger partial charge < -0.3 is 15.4 Å². The van der Waals surface area contributed by atoms with E-state index in [0.717, 1.165) is 22.4 Å². The van der Waals surface area contributed by atoms with Crippen molar-refractivity contribution in [2.24, 2.45) is 0 Å². The second-order valence-corrected chi connectivity index (χ2v) is 7.19. The lowest BCUT2D eigenvalue weighted by molar-refractivity contribution is -0.122. The van der Waals surface area contributed by atoms with Crippen LogP contribution in [0.1, 0.15) is 34.0 Å². The molecule has 0 radical (unpaired) electrons. The first kappa shape index (κ1) is 21.1. The number of amides is 2. The van der Waals surface area contributed by atoms with E-state index in [1.54, 1.807) is 31.2 Å². The van der Waals surface area contributed by atoms with Crippen LogP contribution >= 0.6 is 0 Å². The quantitative estimate of drug-likeness (QED) is 0.605. The van der Waals surface area contributed by atoms with Gasteiger partial charge >= 0.3 is 0 Å². The molecule has 0 bridgehead atoms. The van der Waals surface area contributed by atoms with Gasteiger partial charge in [-0.1, -0.05) is 42.5 Å². The molecule has 0 fully saturated rings. The Labute approximate surface area is 177 Å². The lowest BCUT2D eigenvalue weighted by Gasteiger charge is -2.16. The summed E-state index contributed by atoms with van der Waals surface area (Å²) >= 11 is 0. The molecule has 0 aliphatic heterocycles. The summed E-state index contributed by atoms with van der Waals surface area (Å²) in [7, 11) is 0. The van der Waals surface area contributed by atoms with Crippen LogP contribution in [-0.4, -0.2) is 17.9 Å². The second kappa shape index (κ2) is 9.74. The third-order valence-corrected chi connectivity index (χ3v) is 4.96. The Morgan fingerprint density at radius 1 is 0.900 bits per heavy atom. The van der Waals surface area contributed by atoms with E-state index in [0.29, 0.717) is 17.9 Å². The van der Waals surface area contributed by atoms with Crippen LogP contribution in [0.3, 0.4) is 0 Å². The lowest BCUT2D eigenvalue weighted by Crippen LogP contribution is -2.30. The first-order valence-corrected chi connectivity index (χ1v) is 9.90. The average Bonchev–Trinajstić information content (AvgIpc) is 2.76. The highest BCUT2D eigenvalue weighted by atomic mass is 16.5. The van der Waals surface area contributed by atoms with Gasteiger partial charge in [0.1, 0.15) is 5.75 Å². The van der Waals surface area contributed by atoms with Crippen LogP contribution in [0.15, 0.2) is 72.8 Å². The minimum Gasteiger partial charge on any atom is -0.481 e. The lowest BCUT2D eigenvalue weighted by atomic mass is 10.1. The van der Waals surface area contributed by atoms with Gasteiger partial charge in [-0.2, -0.15) is 0 Å². The van der Waals surface area contributed by atoms with E-state index in [2.05, 4.69) is 10.6 Å². The van der Waals surface area contributed by atoms with E-state index in [9.17, 15) is 9.59 Å². The summed E-state index contributed by atoms with van der Waals surface area (Å²) in [5, 5.41) is 5.79. The maximum Gasteiger partial charge on any atom is 0.265 e. The van der Waals surface area contributed by atoms with Gasteiger partial charge in [0, 0.05) is 17.8 Å². The van der Waals surface area contributed by atoms with Crippen molar-refractivity contribution in [3.05, 3.63) is 95.1 Å². The number of hydrogen-bond donors (Lipinski definition) is 2. The number of carbonyl (C=O) groups excluding carboxylic acids is 2. The predicted octanol–water partition coefficient (Wildman–Crippen LogP) is 4.64. The zero-order chi connectivity index (χ0) is 21.5. The molecule has 1 unspecified atom stereocenters. The van der Waals surface area contributed by atoms with Crippen molar-refractivity contribution in [3.8, 4) is 5.75 Å². The van der Waals surface area contributed by atoms with Gasteiger partial charge in [0.15, 0.2) is 6.10 Å². The predicted molar refractivity (Wildman–Crippen MR) is 119 cm³/mol. The molecule has 3 rings (SSSR count). The Balaban J connectivity index is 1.54. The summed E-state index contributed by atoms with van der Waals surface area (Å²) < 4.78 is 5.74. The van der Waals surface area contributed by atoms with Crippen LogP contribution in [0.25, 0.3) is 0 Å². The number of carbonyl (C=O) groups is 2. The third kappa shape index (κ3) is 5.47. The number of rotatable bonds is 7. The molecule has 0 saturated heterocycles. The van der Waals surface area contributed by atoms with Crippen LogP contribution in [-0.2, 0) is 11.3 Å². The summed E-state index contributed by atoms with van der Waals surface area (Å²) in [5.74, 6) is 0.137. The molecule has 30 heavy (non-hydrogen) atoms. The van der Waals surface area contributed by atoms with Crippen molar-refractivity contribution in [2.45, 2.75) is 33.4 Å². The summed E-state index contributed by atoms with van der Waals surface area (Å²) in [5.41, 5.74) is 4.49. The fourth-order valence-corrected chi connectivity index (χ4v) is 2.94. The molecule has 2 N–H and O–H groups in total. The molecule has 0 spiro atoms. The monoisotopic (exact) mass is 402 g/mol. The average molecular weight is 402 g/mol. The number of anilines is 1. The first-order valence-electron chi connectivity index (χ1n) is 9.90. The van der Waals surface area contributed by atoms with Gasteiger partial charge in [0.25, 0.3) is 11.8 Å². The highest BCUT2D eigenvalue weighted by Gasteiger charge is 2.16. The van der Waals surface area contributed by atoms with Crippen LogP contribution in [0.5, 0.6) is 5.75 Å². The molecule has 0 aliphatic carbocycles. The topological polar surface area (TPSA) is 67.4 Å². The van der Waals surface area contributed by atoms with Gasteiger partial charge in [-0.3, -0.25) is 9.59 Å². The summed E-state index contributed by atoms with van der Waals surface area (Å²) in [6, 6.07) is 22.3. The van der Waals surface area contributed by atoms with Crippen molar-refractivity contribution < 1.29 is 14.3 Å². The Kier molecular flexibility index (Phi) is 6.86. The number of aryl methyl sites for hydroxylation is 1. The van der Waals surface area contributed by atoms with Crippen molar-refractivity contribution in [1.29, 1.82) is 0 Å². The van der Waals surface area contributed by atoms with Crippen molar-refractivity contribution in [1.82, 2.24) is 5.32 Å². The Bertz CT molecular complexity index is 1010. The smallest absolute Gasteiger partial charge is 0.265 e. The maximum atomic E-state index is 12.5. The zero-order valence-electron chi connectivity index (χ0n) is 17.4. The zero-order valence-corrected chi connectivity index (χ0v) is 17.4. The molecule has 5 nitrogen and oxygen atoms in total. The number of hydrogen-bond acceptors (Lipinski definition) is 3. The van der Waals surface area contributed by atoms with E-state index in [1.165, 1.54) is 0 Å². The fraction of sp³-hybridized carbons (Fsp3) is 0.200. The van der Waals surface area contributed by atoms with Crippen LogP contribution < -0.4 is 15.4 Å². The Hall–Kier alpha value is -3.60. The van der Waals surface area contributed by atoms with Crippen molar-refractivity contribution in [3.63, 3.8) is 0 Å². The summed E-state index contributed by atoms with van der Waals surface area (Å²) in [4.78, 5) is 24.8. The number of ether oxygens (including phenoxy) is 1. The molecular weight excluding hydrogens is 376 g/mol. The second-order valence-electron chi connectivity index (χ2n) is 7.19. The van der Waals surface area contributed by atoms with Gasteiger partial charge in [-0.05, 0) is 67.8 Å². The molecular formula is C25H26N2O3. The minimum absolute atomic E-state index is 0.161. The highest BCUT2D eigenvalue weighted by molar-refractivity contribution is 5.95. The van der Waals surface area contributed by atoms with Crippen molar-refractivity contribution in [2.75, 3.05) is 5.32 Å². The molecule has 3 aromatic carbocycles. The molecule has 5 heteroatoms. The van der Waals surface area contributed by atoms with Gasteiger partial charge in [0.2, 0.25) is 0 Å². The van der Waals surface area contributed by atoms with Gasteiger partial charge in [-0.25, -0.2) is 0 Å². The maximum absolute atomic E-state index is 12.5. The highest BCUT2D eigenvalue weighted by Crippen LogP contribution is 2.19. The van der Waals surface area contributed by atoms with Crippen LogP contribution in [0, 0.1) is 13.8 Å². The fourth-order valence-electron chi connectivity index (χ4n) is 2.94. The summed E-state index contributed by atoms with van der Waals surface area (Å²) in [6.07, 6.45) is -0.678. The Morgan fingerprint density at radius 2 is 1.60 bits per heavy atom. The molecule has 0 aromatic heterocycles.